The molecule has 0 bridgehead atoms. The van der Waals surface area contributed by atoms with Crippen molar-refractivity contribution >= 4 is 30.3 Å². The van der Waals surface area contributed by atoms with Crippen LogP contribution in [-0.2, 0) is 9.59 Å². The Hall–Kier alpha value is -2.06. The molecule has 0 aliphatic carbocycles. The molecule has 132 valence electrons. The monoisotopic (exact) mass is 361 g/mol. The van der Waals surface area contributed by atoms with Crippen LogP contribution in [0.1, 0.15) is 31.4 Å². The minimum Gasteiger partial charge on any atom is -0.324 e. The zero-order valence-electron chi connectivity index (χ0n) is 12.9. The molecule has 1 saturated heterocycles. The van der Waals surface area contributed by atoms with Crippen molar-refractivity contribution in [2.45, 2.75) is 25.8 Å². The summed E-state index contributed by atoms with van der Waals surface area (Å²) in [7, 11) is 0. The molecule has 1 aromatic carbocycles. The molecule has 1 aliphatic rings. The number of hydrogen-bond donors (Lipinski definition) is 2. The summed E-state index contributed by atoms with van der Waals surface area (Å²) in [4.78, 5) is 36.4. The molecular formula is C15H18ClF2N3O3. The van der Waals surface area contributed by atoms with Crippen molar-refractivity contribution in [1.82, 2.24) is 10.2 Å². The normalized spacial score (nSPS) is 18.9. The van der Waals surface area contributed by atoms with Gasteiger partial charge in [-0.25, -0.2) is 13.6 Å². The Bertz CT molecular complexity index is 657. The second-order valence-corrected chi connectivity index (χ2v) is 5.29. The molecule has 0 radical (unpaired) electrons. The van der Waals surface area contributed by atoms with Gasteiger partial charge in [0, 0.05) is 12.6 Å². The maximum absolute atomic E-state index is 13.2. The number of hydrogen-bond acceptors (Lipinski definition) is 4. The molecule has 2 atom stereocenters. The van der Waals surface area contributed by atoms with Crippen molar-refractivity contribution < 1.29 is 23.2 Å². The predicted molar refractivity (Wildman–Crippen MR) is 84.2 cm³/mol. The van der Waals surface area contributed by atoms with Crippen molar-refractivity contribution in [2.75, 3.05) is 6.54 Å². The van der Waals surface area contributed by atoms with E-state index in [9.17, 15) is 23.2 Å². The van der Waals surface area contributed by atoms with Crippen LogP contribution < -0.4 is 11.1 Å². The maximum Gasteiger partial charge on any atom is 0.330 e. The van der Waals surface area contributed by atoms with Crippen molar-refractivity contribution in [3.63, 3.8) is 0 Å². The van der Waals surface area contributed by atoms with Crippen LogP contribution in [0.3, 0.4) is 0 Å². The second kappa shape index (κ2) is 8.16. The molecule has 2 rings (SSSR count). The molecule has 1 fully saturated rings. The number of benzene rings is 1. The zero-order chi connectivity index (χ0) is 17.1. The number of barbiturate groups is 1. The highest BCUT2D eigenvalue weighted by atomic mass is 35.5. The largest absolute Gasteiger partial charge is 0.330 e. The zero-order valence-corrected chi connectivity index (χ0v) is 13.7. The number of imide groups is 2. The smallest absolute Gasteiger partial charge is 0.324 e. The van der Waals surface area contributed by atoms with Crippen molar-refractivity contribution in [1.29, 1.82) is 0 Å². The first-order valence-corrected chi connectivity index (χ1v) is 7.21. The van der Waals surface area contributed by atoms with Gasteiger partial charge in [-0.2, -0.15) is 0 Å². The second-order valence-electron chi connectivity index (χ2n) is 5.29. The first-order chi connectivity index (χ1) is 10.8. The van der Waals surface area contributed by atoms with E-state index in [2.05, 4.69) is 5.32 Å². The molecular weight excluding hydrogens is 344 g/mol. The first kappa shape index (κ1) is 20.0. The Balaban J connectivity index is 0.00000288. The van der Waals surface area contributed by atoms with Gasteiger partial charge in [-0.3, -0.25) is 19.8 Å². The minimum absolute atomic E-state index is 0. The van der Waals surface area contributed by atoms with Gasteiger partial charge in [0.2, 0.25) is 11.8 Å². The number of halogens is 3. The fourth-order valence-electron chi connectivity index (χ4n) is 2.47. The molecule has 0 saturated carbocycles. The van der Waals surface area contributed by atoms with Gasteiger partial charge < -0.3 is 5.73 Å². The summed E-state index contributed by atoms with van der Waals surface area (Å²) >= 11 is 0. The lowest BCUT2D eigenvalue weighted by Crippen LogP contribution is -2.57. The summed E-state index contributed by atoms with van der Waals surface area (Å²) in [5, 5.41) is 2.12. The number of urea groups is 1. The fraction of sp³-hybridized carbons (Fsp3) is 0.400. The maximum atomic E-state index is 13.2. The average Bonchev–Trinajstić information content (AvgIpc) is 2.49. The van der Waals surface area contributed by atoms with Crippen LogP contribution in [0.4, 0.5) is 13.6 Å². The van der Waals surface area contributed by atoms with Gasteiger partial charge in [0.25, 0.3) is 0 Å². The van der Waals surface area contributed by atoms with Gasteiger partial charge >= 0.3 is 6.03 Å². The minimum atomic E-state index is -1.01. The molecule has 4 amide bonds. The third-order valence-electron chi connectivity index (χ3n) is 3.81. The third-order valence-corrected chi connectivity index (χ3v) is 3.81. The summed E-state index contributed by atoms with van der Waals surface area (Å²) in [5.74, 6) is -4.23. The summed E-state index contributed by atoms with van der Waals surface area (Å²) < 4.78 is 26.1. The highest BCUT2D eigenvalue weighted by Crippen LogP contribution is 2.23. The molecule has 24 heavy (non-hydrogen) atoms. The van der Waals surface area contributed by atoms with Crippen LogP contribution in [0.2, 0.25) is 0 Å². The number of carbonyl (C=O) groups excluding carboxylic acids is 3. The van der Waals surface area contributed by atoms with Crippen LogP contribution >= 0.6 is 12.4 Å². The molecule has 1 aliphatic heterocycles. The van der Waals surface area contributed by atoms with E-state index in [0.717, 1.165) is 17.0 Å². The highest BCUT2D eigenvalue weighted by Gasteiger charge is 2.39. The number of nitrogens with one attached hydrogen (secondary N) is 1. The summed E-state index contributed by atoms with van der Waals surface area (Å²) in [5.41, 5.74) is 6.28. The van der Waals surface area contributed by atoms with Gasteiger partial charge in [-0.05, 0) is 37.5 Å². The number of nitrogens with zero attached hydrogens (tertiary/aromatic N) is 1. The van der Waals surface area contributed by atoms with E-state index in [1.165, 1.54) is 6.07 Å². The topological polar surface area (TPSA) is 92.5 Å². The molecule has 0 spiro atoms. The van der Waals surface area contributed by atoms with Crippen molar-refractivity contribution in [3.05, 3.63) is 35.4 Å². The van der Waals surface area contributed by atoms with Crippen LogP contribution in [0.5, 0.6) is 0 Å². The van der Waals surface area contributed by atoms with Crippen molar-refractivity contribution in [2.24, 2.45) is 11.7 Å². The standard InChI is InChI=1S/C15H17F2N3O3.ClH/c1-2-20-14(22)9(13(21)19-15(20)23)4-6-12(18)8-3-5-10(16)11(17)7-8;/h3,5,7,9,12H,2,4,6,18H2,1H3,(H,19,21,23);1H/t9?,12-;/m1./s1. The number of rotatable bonds is 5. The molecule has 1 aromatic rings. The average molecular weight is 362 g/mol. The molecule has 1 heterocycles. The Labute approximate surface area is 143 Å². The summed E-state index contributed by atoms with van der Waals surface area (Å²) in [6, 6.07) is 1.93. The highest BCUT2D eigenvalue weighted by molar-refractivity contribution is 6.16. The Morgan fingerprint density at radius 1 is 1.25 bits per heavy atom. The third kappa shape index (κ3) is 4.07. The van der Waals surface area contributed by atoms with Crippen LogP contribution in [0, 0.1) is 17.6 Å². The lowest BCUT2D eigenvalue weighted by atomic mass is 9.93. The SMILES string of the molecule is CCN1C(=O)NC(=O)C(CC[C@@H](N)c2ccc(F)c(F)c2)C1=O.Cl. The van der Waals surface area contributed by atoms with Crippen LogP contribution in [0.25, 0.3) is 0 Å². The van der Waals surface area contributed by atoms with Gasteiger partial charge in [0.05, 0.1) is 0 Å². The Morgan fingerprint density at radius 2 is 1.92 bits per heavy atom. The summed E-state index contributed by atoms with van der Waals surface area (Å²) in [6.07, 6.45) is 0.315. The van der Waals surface area contributed by atoms with E-state index in [1.807, 2.05) is 0 Å². The first-order valence-electron chi connectivity index (χ1n) is 7.21. The molecule has 6 nitrogen and oxygen atoms in total. The van der Waals surface area contributed by atoms with E-state index in [0.29, 0.717) is 5.56 Å². The van der Waals surface area contributed by atoms with Crippen LogP contribution in [-0.4, -0.2) is 29.3 Å². The number of amides is 4. The lowest BCUT2D eigenvalue weighted by molar-refractivity contribution is -0.142. The van der Waals surface area contributed by atoms with Gasteiger partial charge in [-0.1, -0.05) is 6.07 Å². The molecule has 1 unspecified atom stereocenters. The van der Waals surface area contributed by atoms with E-state index in [4.69, 9.17) is 5.73 Å². The van der Waals surface area contributed by atoms with E-state index in [-0.39, 0.29) is 31.8 Å². The van der Waals surface area contributed by atoms with E-state index in [1.54, 1.807) is 6.92 Å². The fourth-order valence-corrected chi connectivity index (χ4v) is 2.47. The Morgan fingerprint density at radius 3 is 2.50 bits per heavy atom. The number of carbonyl (C=O) groups is 3. The summed E-state index contributed by atoms with van der Waals surface area (Å²) in [6.45, 7) is 1.78. The van der Waals surface area contributed by atoms with Crippen LogP contribution in [0.15, 0.2) is 18.2 Å². The Kier molecular flexibility index (Phi) is 6.80. The molecule has 3 N–H and O–H groups in total. The predicted octanol–water partition coefficient (Wildman–Crippen LogP) is 1.88. The lowest BCUT2D eigenvalue weighted by Gasteiger charge is -2.29. The van der Waals surface area contributed by atoms with Gasteiger partial charge in [0.1, 0.15) is 5.92 Å². The molecule has 9 heteroatoms. The van der Waals surface area contributed by atoms with Gasteiger partial charge in [0.15, 0.2) is 11.6 Å². The quantitative estimate of drug-likeness (QED) is 0.783. The van der Waals surface area contributed by atoms with Gasteiger partial charge in [-0.15, -0.1) is 12.4 Å². The molecule has 0 aromatic heterocycles. The number of nitrogens with two attached hydrogens (primary N) is 1. The van der Waals surface area contributed by atoms with E-state index < -0.39 is 41.4 Å². The van der Waals surface area contributed by atoms with E-state index >= 15 is 0 Å². The van der Waals surface area contributed by atoms with Crippen molar-refractivity contribution in [3.8, 4) is 0 Å².